The van der Waals surface area contributed by atoms with Crippen molar-refractivity contribution in [3.8, 4) is 0 Å². The summed E-state index contributed by atoms with van der Waals surface area (Å²) in [5, 5.41) is 0. The molecule has 13 radical (unpaired) electrons. The van der Waals surface area contributed by atoms with Gasteiger partial charge in [0.1, 0.15) is 0 Å². The second kappa shape index (κ2) is 92.0. The molecule has 0 aromatic heterocycles. The van der Waals surface area contributed by atoms with Gasteiger partial charge in [0.25, 0.3) is 0 Å². The van der Waals surface area contributed by atoms with Crippen LogP contribution in [0.25, 0.3) is 0 Å². The molecule has 0 spiro atoms. The Kier molecular flexibility index (Phi) is 274. The number of rotatable bonds is 2. The average molecular weight is 1480 g/mol. The average Bonchev–Trinajstić information content (AvgIpc) is 2.60. The second-order valence-corrected chi connectivity index (χ2v) is 4.69. The van der Waals surface area contributed by atoms with Gasteiger partial charge in [-0.1, -0.05) is 78.3 Å². The summed E-state index contributed by atoms with van der Waals surface area (Å²) in [7, 11) is 0. The summed E-state index contributed by atoms with van der Waals surface area (Å²) >= 11 is 0. The molecule has 0 saturated heterocycles. The van der Waals surface area contributed by atoms with Crippen LogP contribution in [-0.2, 0) is 425 Å². The third-order valence-electron chi connectivity index (χ3n) is 2.82. The predicted octanol–water partition coefficient (Wildman–Crippen LogP) is 8.10. The molecular weight excluding hydrogens is 1440 g/mol. The molecule has 0 aliphatic heterocycles. The molecule has 0 atom stereocenters. The van der Waals surface area contributed by atoms with Crippen molar-refractivity contribution < 1.29 is 425 Å². The largest absolute Gasteiger partial charge is 0.358 e. The standard InChI is InChI=1S/C10H14.C8H8.2C2H6.2CH3.13Y/c1-8(2)10-6-4-9(3)5-7-10;1-2-8-6-4-3-5-7-8;2*1-2;;;;;;;;;;;;;;;/h4-8H,1-3H3;2,4-7H,1H3;2*1-2H3;2*1H3;;;;;;;;;;;;;/q;-2;;;2*-1;;;;;;;;;;;;;. The smallest absolute Gasteiger partial charge is 0 e. The maximum Gasteiger partial charge on any atom is 0 e. The molecule has 0 unspecified atom stereocenters. The van der Waals surface area contributed by atoms with Crippen LogP contribution >= 0.6 is 0 Å². The van der Waals surface area contributed by atoms with E-state index in [1.165, 1.54) is 16.7 Å². The molecule has 0 nitrogen and oxygen atoms in total. The quantitative estimate of drug-likeness (QED) is 0.267. The van der Waals surface area contributed by atoms with Crippen LogP contribution in [0.3, 0.4) is 0 Å². The molecule has 0 bridgehead atoms. The van der Waals surface area contributed by atoms with Crippen LogP contribution in [0.4, 0.5) is 0 Å². The van der Waals surface area contributed by atoms with Crippen molar-refractivity contribution in [3.05, 3.63) is 92.6 Å². The molecule has 0 aliphatic rings. The Morgan fingerprint density at radius 2 is 0.811 bits per heavy atom. The summed E-state index contributed by atoms with van der Waals surface area (Å²) < 4.78 is 0. The second-order valence-electron chi connectivity index (χ2n) is 4.69. The van der Waals surface area contributed by atoms with Crippen LogP contribution in [0.5, 0.6) is 0 Å². The van der Waals surface area contributed by atoms with Gasteiger partial charge in [-0.2, -0.15) is 42.3 Å². The fourth-order valence-corrected chi connectivity index (χ4v) is 1.54. The number of hydrogen-bond acceptors (Lipinski definition) is 0. The SMILES string of the molecule is CC.CC.C[CH-]c1cc[c-]cc1.Cc1ccc(C(C)C)cc1.[CH3-].[CH3-].[Y].[Y].[Y].[Y].[Y].[Y].[Y].[Y].[Y].[Y].[Y].[Y].[Y]. The van der Waals surface area contributed by atoms with Crippen molar-refractivity contribution in [1.29, 1.82) is 0 Å². The first-order valence-corrected chi connectivity index (χ1v) is 8.45. The molecule has 0 heterocycles. The fraction of sp³-hybridized carbons (Fsp3) is 0.375. The first-order valence-electron chi connectivity index (χ1n) is 8.45. The Morgan fingerprint density at radius 1 is 0.541 bits per heavy atom. The van der Waals surface area contributed by atoms with Gasteiger partial charge < -0.3 is 14.9 Å². The predicted molar refractivity (Wildman–Crippen MR) is 115 cm³/mol. The van der Waals surface area contributed by atoms with Crippen molar-refractivity contribution in [2.75, 3.05) is 0 Å². The summed E-state index contributed by atoms with van der Waals surface area (Å²) in [4.78, 5) is 0. The first-order chi connectivity index (χ1) is 10.6. The van der Waals surface area contributed by atoms with Crippen LogP contribution in [0.1, 0.15) is 71.1 Å². The zero-order chi connectivity index (χ0) is 17.4. The Labute approximate surface area is 562 Å². The Bertz CT molecular complexity index is 458. The van der Waals surface area contributed by atoms with Gasteiger partial charge in [-0.15, -0.1) is 0 Å². The summed E-state index contributed by atoms with van der Waals surface area (Å²) in [6, 6.07) is 19.5. The summed E-state index contributed by atoms with van der Waals surface area (Å²) in [5.74, 6) is 0.653. The van der Waals surface area contributed by atoms with Gasteiger partial charge in [0, 0.05) is 425 Å². The van der Waals surface area contributed by atoms with Gasteiger partial charge in [0.05, 0.1) is 0 Å². The van der Waals surface area contributed by atoms with E-state index in [-0.39, 0.29) is 440 Å². The molecule has 0 aliphatic carbocycles. The van der Waals surface area contributed by atoms with E-state index in [4.69, 9.17) is 0 Å². The number of aryl methyl sites for hydroxylation is 1. The van der Waals surface area contributed by atoms with E-state index < -0.39 is 0 Å². The zero-order valence-electron chi connectivity index (χ0n) is 25.3. The van der Waals surface area contributed by atoms with Crippen molar-refractivity contribution in [3.63, 3.8) is 0 Å². The maximum absolute atomic E-state index is 2.95. The van der Waals surface area contributed by atoms with E-state index in [1.807, 2.05) is 58.9 Å². The Hall–Kier alpha value is 12.7. The topological polar surface area (TPSA) is 0 Å². The van der Waals surface area contributed by atoms with E-state index in [1.54, 1.807) is 0 Å². The van der Waals surface area contributed by atoms with Gasteiger partial charge in [-0.3, -0.25) is 0 Å². The summed E-state index contributed by atoms with van der Waals surface area (Å²) in [6.07, 6.45) is 2.06. The normalized spacial score (nSPS) is 5.00. The number of hydrogen-bond donors (Lipinski definition) is 0. The van der Waals surface area contributed by atoms with E-state index in [0.717, 1.165) is 0 Å². The molecular formula is C24H40Y13-4. The van der Waals surface area contributed by atoms with Gasteiger partial charge in [-0.05, 0) is 18.4 Å². The zero-order valence-corrected chi connectivity index (χ0v) is 62.2. The first kappa shape index (κ1) is 110. The molecule has 0 saturated carbocycles. The molecule has 13 heteroatoms. The van der Waals surface area contributed by atoms with Gasteiger partial charge in [0.2, 0.25) is 0 Å². The Morgan fingerprint density at radius 3 is 1.00 bits per heavy atom. The van der Waals surface area contributed by atoms with E-state index >= 15 is 0 Å². The van der Waals surface area contributed by atoms with Crippen molar-refractivity contribution in [2.24, 2.45) is 0 Å². The van der Waals surface area contributed by atoms with Gasteiger partial charge in [-0.25, -0.2) is 0 Å². The Balaban J connectivity index is -0.00000000938. The molecule has 0 N–H and O–H groups in total. The van der Waals surface area contributed by atoms with Crippen molar-refractivity contribution >= 4 is 0 Å². The molecule has 2 rings (SSSR count). The molecule has 2 aromatic carbocycles. The van der Waals surface area contributed by atoms with E-state index in [2.05, 4.69) is 57.5 Å². The van der Waals surface area contributed by atoms with Crippen LogP contribution in [0.15, 0.2) is 48.5 Å². The van der Waals surface area contributed by atoms with Crippen molar-refractivity contribution in [2.45, 2.75) is 61.3 Å². The fourth-order valence-electron chi connectivity index (χ4n) is 1.54. The van der Waals surface area contributed by atoms with Gasteiger partial charge in [0.15, 0.2) is 0 Å². The summed E-state index contributed by atoms with van der Waals surface area (Å²) in [5.41, 5.74) is 4.01. The number of benzene rings is 2. The van der Waals surface area contributed by atoms with Gasteiger partial charge >= 0.3 is 0 Å². The summed E-state index contributed by atoms with van der Waals surface area (Å²) in [6.45, 7) is 16.6. The molecule has 179 valence electrons. The van der Waals surface area contributed by atoms with Crippen molar-refractivity contribution in [1.82, 2.24) is 0 Å². The minimum Gasteiger partial charge on any atom is -0.358 e. The monoisotopic (exact) mass is 1480 g/mol. The third-order valence-corrected chi connectivity index (χ3v) is 2.82. The van der Waals surface area contributed by atoms with E-state index in [9.17, 15) is 0 Å². The van der Waals surface area contributed by atoms with E-state index in [0.29, 0.717) is 5.92 Å². The third kappa shape index (κ3) is 78.8. The maximum atomic E-state index is 2.95. The minimum atomic E-state index is 0. The van der Waals surface area contributed by atoms with Crippen LogP contribution in [-0.4, -0.2) is 0 Å². The molecule has 0 fully saturated rings. The molecule has 0 amide bonds. The minimum absolute atomic E-state index is 0. The van der Waals surface area contributed by atoms with Crippen LogP contribution < -0.4 is 0 Å². The molecule has 2 aromatic rings. The van der Waals surface area contributed by atoms with Crippen LogP contribution in [0.2, 0.25) is 0 Å². The van der Waals surface area contributed by atoms with Crippen LogP contribution in [0, 0.1) is 34.3 Å². The molecule has 37 heavy (non-hydrogen) atoms.